The van der Waals surface area contributed by atoms with Crippen LogP contribution in [0.3, 0.4) is 0 Å². The Kier molecular flexibility index (Phi) is 7.37. The van der Waals surface area contributed by atoms with Crippen molar-refractivity contribution in [1.29, 1.82) is 5.26 Å². The maximum absolute atomic E-state index is 13.9. The molecule has 12 heteroatoms. The van der Waals surface area contributed by atoms with Crippen molar-refractivity contribution >= 4 is 34.7 Å². The van der Waals surface area contributed by atoms with Crippen molar-refractivity contribution in [2.45, 2.75) is 37.5 Å². The number of nitrogens with zero attached hydrogens (tertiary/aromatic N) is 3. The van der Waals surface area contributed by atoms with E-state index in [1.165, 1.54) is 4.90 Å². The Hall–Kier alpha value is -3.66. The molecule has 0 heterocycles. The molecule has 3 aliphatic carbocycles. The summed E-state index contributed by atoms with van der Waals surface area (Å²) >= 11 is 0. The SMILES string of the molecule is CN(C)c1cc(CNCCC#N)c(O)c2c1C[C@H]1C[C@H]3[C@H](N(C)C)C(=O)C(C(N)=O)C(=O)[C@@]3(O)C(=O)C1C2=O. The summed E-state index contributed by atoms with van der Waals surface area (Å²) in [5.74, 6) is -10.7. The van der Waals surface area contributed by atoms with E-state index in [0.717, 1.165) is 0 Å². The van der Waals surface area contributed by atoms with Crippen molar-refractivity contribution in [3.05, 3.63) is 22.8 Å². The number of aliphatic hydroxyl groups is 1. The van der Waals surface area contributed by atoms with Gasteiger partial charge in [0.2, 0.25) is 5.91 Å². The number of fused-ring (bicyclic) bond motifs is 3. The highest BCUT2D eigenvalue weighted by atomic mass is 16.3. The zero-order chi connectivity index (χ0) is 29.0. The molecule has 0 spiro atoms. The summed E-state index contributed by atoms with van der Waals surface area (Å²) in [4.78, 5) is 69.8. The molecule has 12 nitrogen and oxygen atoms in total. The third-order valence-electron chi connectivity index (χ3n) is 8.33. The number of phenolic OH excluding ortho intramolecular Hbond substituents is 1. The predicted octanol–water partition coefficient (Wildman–Crippen LogP) is -1.06. The van der Waals surface area contributed by atoms with Gasteiger partial charge in [-0.25, -0.2) is 0 Å². The minimum Gasteiger partial charge on any atom is -0.507 e. The Balaban J connectivity index is 1.84. The fourth-order valence-electron chi connectivity index (χ4n) is 6.61. The number of carbonyl (C=O) groups excluding carboxylic acids is 5. The van der Waals surface area contributed by atoms with Crippen molar-refractivity contribution < 1.29 is 34.2 Å². The number of anilines is 1. The molecule has 2 fully saturated rings. The lowest BCUT2D eigenvalue weighted by Crippen LogP contribution is -2.74. The molecule has 0 aromatic heterocycles. The van der Waals surface area contributed by atoms with Crippen LogP contribution < -0.4 is 16.0 Å². The first-order valence-corrected chi connectivity index (χ1v) is 12.8. The van der Waals surface area contributed by atoms with Gasteiger partial charge in [0.1, 0.15) is 5.75 Å². The molecule has 208 valence electrons. The van der Waals surface area contributed by atoms with Crippen molar-refractivity contribution in [2.24, 2.45) is 29.4 Å². The van der Waals surface area contributed by atoms with Crippen molar-refractivity contribution in [2.75, 3.05) is 39.6 Å². The van der Waals surface area contributed by atoms with Crippen LogP contribution in [0.2, 0.25) is 0 Å². The van der Waals surface area contributed by atoms with Gasteiger partial charge in [0, 0.05) is 50.8 Å². The predicted molar refractivity (Wildman–Crippen MR) is 138 cm³/mol. The van der Waals surface area contributed by atoms with E-state index in [4.69, 9.17) is 11.0 Å². The number of aromatic hydroxyl groups is 1. The lowest BCUT2D eigenvalue weighted by atomic mass is 9.52. The highest BCUT2D eigenvalue weighted by Gasteiger charge is 2.69. The van der Waals surface area contributed by atoms with Crippen LogP contribution in [-0.4, -0.2) is 90.5 Å². The number of nitriles is 1. The lowest BCUT2D eigenvalue weighted by Gasteiger charge is -2.52. The Bertz CT molecular complexity index is 1320. The van der Waals surface area contributed by atoms with Crippen LogP contribution >= 0.6 is 0 Å². The van der Waals surface area contributed by atoms with Gasteiger partial charge in [0.05, 0.1) is 23.6 Å². The Morgan fingerprint density at radius 3 is 2.44 bits per heavy atom. The molecule has 0 radical (unpaired) electrons. The van der Waals surface area contributed by atoms with E-state index in [-0.39, 0.29) is 37.1 Å². The average molecular weight is 540 g/mol. The third kappa shape index (κ3) is 4.21. The fourth-order valence-corrected chi connectivity index (χ4v) is 6.61. The molecular weight excluding hydrogens is 506 g/mol. The second-order valence-corrected chi connectivity index (χ2v) is 11.0. The van der Waals surface area contributed by atoms with Gasteiger partial charge < -0.3 is 26.2 Å². The van der Waals surface area contributed by atoms with Crippen LogP contribution in [0.15, 0.2) is 6.07 Å². The molecular formula is C27H33N5O7. The molecule has 1 aromatic rings. The normalized spacial score (nSPS) is 29.9. The van der Waals surface area contributed by atoms with E-state index >= 15 is 0 Å². The summed E-state index contributed by atoms with van der Waals surface area (Å²) < 4.78 is 0. The van der Waals surface area contributed by atoms with Gasteiger partial charge >= 0.3 is 0 Å². The fraction of sp³-hybridized carbons (Fsp3) is 0.556. The monoisotopic (exact) mass is 539 g/mol. The Morgan fingerprint density at radius 1 is 1.21 bits per heavy atom. The number of carbonyl (C=O) groups is 5. The van der Waals surface area contributed by atoms with Crippen LogP contribution in [0.5, 0.6) is 5.75 Å². The summed E-state index contributed by atoms with van der Waals surface area (Å²) in [6.07, 6.45) is 0.435. The Morgan fingerprint density at radius 2 is 1.87 bits per heavy atom. The zero-order valence-electron chi connectivity index (χ0n) is 22.4. The molecule has 6 atom stereocenters. The smallest absolute Gasteiger partial charge is 0.235 e. The highest BCUT2D eigenvalue weighted by Crippen LogP contribution is 2.52. The van der Waals surface area contributed by atoms with E-state index in [0.29, 0.717) is 23.4 Å². The van der Waals surface area contributed by atoms with Gasteiger partial charge in [-0.2, -0.15) is 5.26 Å². The van der Waals surface area contributed by atoms with Gasteiger partial charge in [-0.1, -0.05) is 0 Å². The molecule has 3 aliphatic rings. The highest BCUT2D eigenvalue weighted by molar-refractivity contribution is 6.32. The van der Waals surface area contributed by atoms with Crippen LogP contribution in [0, 0.1) is 35.0 Å². The lowest BCUT2D eigenvalue weighted by molar-refractivity contribution is -0.181. The van der Waals surface area contributed by atoms with Crippen molar-refractivity contribution in [1.82, 2.24) is 10.2 Å². The average Bonchev–Trinajstić information content (AvgIpc) is 2.84. The maximum atomic E-state index is 13.9. The minimum absolute atomic E-state index is 0.00497. The quantitative estimate of drug-likeness (QED) is 0.244. The second kappa shape index (κ2) is 10.1. The van der Waals surface area contributed by atoms with Gasteiger partial charge in [-0.15, -0.1) is 0 Å². The molecule has 2 saturated carbocycles. The molecule has 0 aliphatic heterocycles. The van der Waals surface area contributed by atoms with Crippen LogP contribution in [0.25, 0.3) is 0 Å². The number of phenols is 1. The number of nitrogens with one attached hydrogen (secondary N) is 1. The Labute approximate surface area is 225 Å². The first kappa shape index (κ1) is 28.4. The van der Waals surface area contributed by atoms with E-state index in [1.807, 2.05) is 6.07 Å². The molecule has 2 unspecified atom stereocenters. The zero-order valence-corrected chi connectivity index (χ0v) is 22.4. The van der Waals surface area contributed by atoms with Gasteiger partial charge in [-0.3, -0.25) is 28.9 Å². The number of primary amides is 1. The number of hydrogen-bond acceptors (Lipinski definition) is 11. The van der Waals surface area contributed by atoms with Crippen LogP contribution in [-0.2, 0) is 32.1 Å². The topological polar surface area (TPSA) is 194 Å². The molecule has 1 amide bonds. The number of ketones is 4. The third-order valence-corrected chi connectivity index (χ3v) is 8.33. The van der Waals surface area contributed by atoms with Crippen LogP contribution in [0.1, 0.15) is 34.3 Å². The maximum Gasteiger partial charge on any atom is 0.235 e. The number of likely N-dealkylation sites (N-methyl/N-ethyl adjacent to an activating group) is 1. The molecule has 5 N–H and O–H groups in total. The second-order valence-electron chi connectivity index (χ2n) is 11.0. The molecule has 0 saturated heterocycles. The van der Waals surface area contributed by atoms with Gasteiger partial charge in [0.15, 0.2) is 34.7 Å². The van der Waals surface area contributed by atoms with Gasteiger partial charge in [0.25, 0.3) is 0 Å². The van der Waals surface area contributed by atoms with Crippen molar-refractivity contribution in [3.8, 4) is 11.8 Å². The number of rotatable bonds is 7. The molecule has 39 heavy (non-hydrogen) atoms. The molecule has 0 bridgehead atoms. The minimum atomic E-state index is -2.76. The first-order valence-electron chi connectivity index (χ1n) is 12.8. The number of Topliss-reactive ketones (excluding diaryl/α,β-unsaturated/α-hetero) is 4. The largest absolute Gasteiger partial charge is 0.507 e. The molecule has 1 aromatic carbocycles. The summed E-state index contributed by atoms with van der Waals surface area (Å²) in [5, 5.41) is 34.7. The molecule has 4 rings (SSSR count). The number of benzene rings is 1. The number of nitrogens with two attached hydrogens (primary N) is 1. The van der Waals surface area contributed by atoms with E-state index in [1.54, 1.807) is 39.2 Å². The van der Waals surface area contributed by atoms with Crippen molar-refractivity contribution in [3.63, 3.8) is 0 Å². The van der Waals surface area contributed by atoms with Gasteiger partial charge in [-0.05, 0) is 44.5 Å². The summed E-state index contributed by atoms with van der Waals surface area (Å²) in [5.41, 5.74) is 4.13. The standard InChI is InChI=1S/C27H33N5O7/c1-31(2)16-10-13(11-30-7-5-6-28)21(33)18-14(16)8-12-9-15-20(32(3)4)23(35)19(26(29)38)25(37)27(15,39)24(36)17(12)22(18)34/h10,12,15,17,19-20,30,33,39H,5,7-9,11H2,1-4H3,(H2,29,38)/t12-,15-,17?,19?,20-,27-/m0/s1. The number of amides is 1. The first-order chi connectivity index (χ1) is 18.3. The summed E-state index contributed by atoms with van der Waals surface area (Å²) in [6.45, 7) is 0.527. The van der Waals surface area contributed by atoms with E-state index in [2.05, 4.69) is 5.32 Å². The van der Waals surface area contributed by atoms with Crippen LogP contribution in [0.4, 0.5) is 5.69 Å². The number of hydrogen-bond donors (Lipinski definition) is 4. The van der Waals surface area contributed by atoms with E-state index in [9.17, 15) is 34.2 Å². The summed E-state index contributed by atoms with van der Waals surface area (Å²) in [6, 6.07) is 2.62. The van der Waals surface area contributed by atoms with E-state index < -0.39 is 64.4 Å². The summed E-state index contributed by atoms with van der Waals surface area (Å²) in [7, 11) is 6.66.